The first-order chi connectivity index (χ1) is 4.06. The Bertz CT molecular complexity index is 154. The molecule has 0 aromatic carbocycles. The summed E-state index contributed by atoms with van der Waals surface area (Å²) in [6.07, 6.45) is 1.55. The first-order valence-corrected chi connectivity index (χ1v) is 3.07. The predicted molar refractivity (Wildman–Crippen MR) is 41.0 cm³/mol. The second-order valence-electron chi connectivity index (χ2n) is 2.28. The average molecular weight is 144 g/mol. The Morgan fingerprint density at radius 1 is 1.56 bits per heavy atom. The maximum absolute atomic E-state index is 5.53. The summed E-state index contributed by atoms with van der Waals surface area (Å²) in [6.45, 7) is 3.67. The third kappa shape index (κ3) is 7.55. The highest BCUT2D eigenvalue weighted by atomic mass is 35.5. The van der Waals surface area contributed by atoms with Crippen molar-refractivity contribution in [2.45, 2.75) is 19.4 Å². The normalized spacial score (nSPS) is 11.1. The molecule has 0 rings (SSSR count). The number of hydrogen-bond donors (Lipinski definition) is 1. The van der Waals surface area contributed by atoms with Crippen molar-refractivity contribution in [2.75, 3.05) is 0 Å². The maximum atomic E-state index is 5.53. The molecule has 1 nitrogen and oxygen atoms in total. The zero-order valence-electron chi connectivity index (χ0n) is 5.61. The summed E-state index contributed by atoms with van der Waals surface area (Å²) in [5, 5.41) is 0. The Labute approximate surface area is 60.9 Å². The summed E-state index contributed by atoms with van der Waals surface area (Å²) < 4.78 is 0. The van der Waals surface area contributed by atoms with Gasteiger partial charge >= 0.3 is 0 Å². The Hall–Kier alpha value is -0.450. The maximum Gasteiger partial charge on any atom is 0.0722 e. The summed E-state index contributed by atoms with van der Waals surface area (Å²) in [5.74, 6) is 5.47. The van der Waals surface area contributed by atoms with Crippen molar-refractivity contribution >= 4 is 11.6 Å². The van der Waals surface area contributed by atoms with E-state index < -0.39 is 5.54 Å². The lowest BCUT2D eigenvalue weighted by Gasteiger charge is -2.06. The van der Waals surface area contributed by atoms with Crippen molar-refractivity contribution in [3.63, 3.8) is 0 Å². The van der Waals surface area contributed by atoms with E-state index in [0.29, 0.717) is 0 Å². The van der Waals surface area contributed by atoms with Gasteiger partial charge in [0.05, 0.1) is 5.54 Å². The molecule has 0 aliphatic rings. The van der Waals surface area contributed by atoms with E-state index in [1.807, 2.05) is 13.8 Å². The summed E-state index contributed by atoms with van der Waals surface area (Å²) in [4.78, 5) is 0. The van der Waals surface area contributed by atoms with Crippen LogP contribution in [0, 0.1) is 11.8 Å². The molecule has 0 fully saturated rings. The van der Waals surface area contributed by atoms with Crippen LogP contribution in [0.3, 0.4) is 0 Å². The van der Waals surface area contributed by atoms with Gasteiger partial charge in [0.25, 0.3) is 0 Å². The molecule has 0 atom stereocenters. The van der Waals surface area contributed by atoms with Gasteiger partial charge in [-0.15, -0.1) is 0 Å². The molecule has 2 N–H and O–H groups in total. The number of rotatable bonds is 0. The monoisotopic (exact) mass is 143 g/mol. The third-order valence-corrected chi connectivity index (χ3v) is 0.667. The molecule has 0 heterocycles. The minimum atomic E-state index is -0.420. The van der Waals surface area contributed by atoms with Crippen LogP contribution in [0.4, 0.5) is 0 Å². The fraction of sp³-hybridized carbons (Fsp3) is 0.429. The summed E-state index contributed by atoms with van der Waals surface area (Å²) >= 11 is 5.21. The quantitative estimate of drug-likeness (QED) is 0.511. The Balaban J connectivity index is 3.88. The lowest BCUT2D eigenvalue weighted by molar-refractivity contribution is 0.681. The van der Waals surface area contributed by atoms with Crippen molar-refractivity contribution in [3.8, 4) is 11.8 Å². The van der Waals surface area contributed by atoms with E-state index in [0.717, 1.165) is 0 Å². The Morgan fingerprint density at radius 2 is 2.11 bits per heavy atom. The Morgan fingerprint density at radius 3 is 2.44 bits per heavy atom. The van der Waals surface area contributed by atoms with Crippen molar-refractivity contribution in [1.29, 1.82) is 0 Å². The molecule has 9 heavy (non-hydrogen) atoms. The zero-order chi connectivity index (χ0) is 7.33. The molecule has 0 saturated carbocycles. The summed E-state index contributed by atoms with van der Waals surface area (Å²) in [7, 11) is 0. The first-order valence-electron chi connectivity index (χ1n) is 2.63. The minimum Gasteiger partial charge on any atom is -0.316 e. The largest absolute Gasteiger partial charge is 0.316 e. The van der Waals surface area contributed by atoms with Gasteiger partial charge in [-0.3, -0.25) is 0 Å². The highest BCUT2D eigenvalue weighted by molar-refractivity contribution is 6.25. The number of nitrogens with two attached hydrogens (primary N) is 1. The molecular weight excluding hydrogens is 134 g/mol. The average Bonchev–Trinajstić information content (AvgIpc) is 1.63. The van der Waals surface area contributed by atoms with Crippen molar-refractivity contribution in [2.24, 2.45) is 5.73 Å². The van der Waals surface area contributed by atoms with Crippen molar-refractivity contribution in [3.05, 3.63) is 11.6 Å². The molecule has 2 heteroatoms. The van der Waals surface area contributed by atoms with E-state index in [4.69, 9.17) is 17.3 Å². The highest BCUT2D eigenvalue weighted by Gasteiger charge is 2.02. The smallest absolute Gasteiger partial charge is 0.0722 e. The van der Waals surface area contributed by atoms with E-state index >= 15 is 0 Å². The molecule has 0 aromatic rings. The van der Waals surface area contributed by atoms with Crippen molar-refractivity contribution < 1.29 is 0 Å². The second kappa shape index (κ2) is 3.55. The summed E-state index contributed by atoms with van der Waals surface area (Å²) in [5.41, 5.74) is 6.47. The van der Waals surface area contributed by atoms with Crippen LogP contribution in [0.5, 0.6) is 0 Å². The van der Waals surface area contributed by atoms with Crippen LogP contribution in [-0.4, -0.2) is 5.54 Å². The fourth-order valence-corrected chi connectivity index (χ4v) is 0.322. The molecule has 0 bridgehead atoms. The van der Waals surface area contributed by atoms with Crippen LogP contribution in [-0.2, 0) is 0 Å². The predicted octanol–water partition coefficient (Wildman–Crippen LogP) is 1.48. The van der Waals surface area contributed by atoms with Crippen LogP contribution in [0.2, 0.25) is 0 Å². The topological polar surface area (TPSA) is 26.0 Å². The number of hydrogen-bond acceptors (Lipinski definition) is 1. The van der Waals surface area contributed by atoms with Gasteiger partial charge in [0.15, 0.2) is 0 Å². The van der Waals surface area contributed by atoms with Gasteiger partial charge in [0.1, 0.15) is 0 Å². The SMILES string of the molecule is CC(C)(N)C#C/C=C\Cl. The first kappa shape index (κ1) is 8.55. The molecule has 0 radical (unpaired) electrons. The van der Waals surface area contributed by atoms with E-state index in [2.05, 4.69) is 11.8 Å². The third-order valence-electron chi connectivity index (χ3n) is 0.541. The lowest BCUT2D eigenvalue weighted by atomic mass is 10.1. The molecule has 0 aliphatic carbocycles. The fourth-order valence-electron chi connectivity index (χ4n) is 0.259. The standard InChI is InChI=1S/C7H10ClN/c1-7(2,9)5-3-4-6-8/h4,6H,9H2,1-2H3/b6-4-. The van der Waals surface area contributed by atoms with Gasteiger partial charge in [-0.1, -0.05) is 23.4 Å². The van der Waals surface area contributed by atoms with Crippen LogP contribution in [0.15, 0.2) is 11.6 Å². The van der Waals surface area contributed by atoms with Gasteiger partial charge in [-0.05, 0) is 19.9 Å². The molecule has 0 unspecified atom stereocenters. The van der Waals surface area contributed by atoms with Crippen LogP contribution >= 0.6 is 11.6 Å². The van der Waals surface area contributed by atoms with E-state index in [9.17, 15) is 0 Å². The molecule has 0 spiro atoms. The molecule has 0 aliphatic heterocycles. The summed E-state index contributed by atoms with van der Waals surface area (Å²) in [6, 6.07) is 0. The van der Waals surface area contributed by atoms with Gasteiger partial charge in [0.2, 0.25) is 0 Å². The molecule has 0 saturated heterocycles. The van der Waals surface area contributed by atoms with Gasteiger partial charge in [-0.2, -0.15) is 0 Å². The highest BCUT2D eigenvalue weighted by Crippen LogP contribution is 1.91. The van der Waals surface area contributed by atoms with Crippen LogP contribution in [0.25, 0.3) is 0 Å². The van der Waals surface area contributed by atoms with Crippen molar-refractivity contribution in [1.82, 2.24) is 0 Å². The van der Waals surface area contributed by atoms with Crippen LogP contribution < -0.4 is 5.73 Å². The molecular formula is C7H10ClN. The van der Waals surface area contributed by atoms with Gasteiger partial charge in [-0.25, -0.2) is 0 Å². The second-order valence-corrected chi connectivity index (χ2v) is 2.54. The molecule has 0 amide bonds. The number of halogens is 1. The van der Waals surface area contributed by atoms with Gasteiger partial charge < -0.3 is 5.73 Å². The zero-order valence-corrected chi connectivity index (χ0v) is 6.37. The van der Waals surface area contributed by atoms with Crippen LogP contribution in [0.1, 0.15) is 13.8 Å². The lowest BCUT2D eigenvalue weighted by Crippen LogP contribution is -2.29. The van der Waals surface area contributed by atoms with E-state index in [-0.39, 0.29) is 0 Å². The number of allylic oxidation sites excluding steroid dienone is 1. The van der Waals surface area contributed by atoms with E-state index in [1.165, 1.54) is 5.54 Å². The molecule has 0 aromatic heterocycles. The minimum absolute atomic E-state index is 0.420. The Kier molecular flexibility index (Phi) is 3.37. The van der Waals surface area contributed by atoms with Gasteiger partial charge in [0, 0.05) is 5.54 Å². The van der Waals surface area contributed by atoms with E-state index in [1.54, 1.807) is 6.08 Å². The molecule has 50 valence electrons.